The summed E-state index contributed by atoms with van der Waals surface area (Å²) in [5, 5.41) is 0. The lowest BCUT2D eigenvalue weighted by atomic mass is 10.2. The summed E-state index contributed by atoms with van der Waals surface area (Å²) in [6.45, 7) is 0.416. The largest absolute Gasteiger partial charge is 0.495 e. The van der Waals surface area contributed by atoms with Crippen LogP contribution >= 0.6 is 0 Å². The van der Waals surface area contributed by atoms with Crippen LogP contribution in [-0.4, -0.2) is 18.7 Å². The lowest BCUT2D eigenvalue weighted by molar-refractivity contribution is -0.148. The fourth-order valence-electron chi connectivity index (χ4n) is 1.32. The third-order valence-electron chi connectivity index (χ3n) is 2.34. The molecule has 3 heteroatoms. The van der Waals surface area contributed by atoms with Crippen LogP contribution in [0.1, 0.15) is 25.7 Å². The van der Waals surface area contributed by atoms with E-state index in [2.05, 4.69) is 0 Å². The van der Waals surface area contributed by atoms with Crippen molar-refractivity contribution >= 4 is 5.97 Å². The van der Waals surface area contributed by atoms with Crippen molar-refractivity contribution in [3.05, 3.63) is 12.3 Å². The molecule has 1 atom stereocenters. The van der Waals surface area contributed by atoms with E-state index in [1.165, 1.54) is 0 Å². The minimum absolute atomic E-state index is 0.0434. The summed E-state index contributed by atoms with van der Waals surface area (Å²) in [6.07, 6.45) is 7.74. The average molecular weight is 182 g/mol. The zero-order chi connectivity index (χ0) is 9.10. The van der Waals surface area contributed by atoms with Crippen molar-refractivity contribution in [2.24, 2.45) is 5.92 Å². The maximum Gasteiger partial charge on any atom is 0.309 e. The summed E-state index contributed by atoms with van der Waals surface area (Å²) in [6, 6.07) is 0. The smallest absolute Gasteiger partial charge is 0.309 e. The van der Waals surface area contributed by atoms with Crippen molar-refractivity contribution in [1.82, 2.24) is 0 Å². The summed E-state index contributed by atoms with van der Waals surface area (Å²) in [5.41, 5.74) is 0. The van der Waals surface area contributed by atoms with Gasteiger partial charge in [0.25, 0.3) is 0 Å². The molecule has 0 aromatic carbocycles. The first-order valence-electron chi connectivity index (χ1n) is 4.83. The van der Waals surface area contributed by atoms with Gasteiger partial charge in [0, 0.05) is 0 Å². The Morgan fingerprint density at radius 2 is 2.31 bits per heavy atom. The van der Waals surface area contributed by atoms with Gasteiger partial charge in [-0.25, -0.2) is 0 Å². The van der Waals surface area contributed by atoms with Crippen LogP contribution in [0.15, 0.2) is 12.3 Å². The third-order valence-corrected chi connectivity index (χ3v) is 2.34. The Morgan fingerprint density at radius 1 is 1.46 bits per heavy atom. The minimum Gasteiger partial charge on any atom is -0.495 e. The molecular weight excluding hydrogens is 168 g/mol. The van der Waals surface area contributed by atoms with Crippen LogP contribution < -0.4 is 0 Å². The Labute approximate surface area is 77.7 Å². The second-order valence-corrected chi connectivity index (χ2v) is 3.61. The predicted octanol–water partition coefficient (Wildman–Crippen LogP) is 1.63. The molecule has 1 fully saturated rings. The van der Waals surface area contributed by atoms with Gasteiger partial charge in [0.15, 0.2) is 0 Å². The molecule has 0 saturated heterocycles. The monoisotopic (exact) mass is 182 g/mol. The van der Waals surface area contributed by atoms with E-state index < -0.39 is 0 Å². The van der Waals surface area contributed by atoms with Crippen LogP contribution in [0.5, 0.6) is 0 Å². The van der Waals surface area contributed by atoms with Crippen LogP contribution in [0.2, 0.25) is 0 Å². The molecule has 2 rings (SSSR count). The molecule has 0 N–H and O–H groups in total. The van der Waals surface area contributed by atoms with Gasteiger partial charge in [-0.05, 0) is 31.8 Å². The Balaban J connectivity index is 1.66. The molecule has 1 aliphatic carbocycles. The summed E-state index contributed by atoms with van der Waals surface area (Å²) in [4.78, 5) is 11.2. The highest BCUT2D eigenvalue weighted by Gasteiger charge is 2.31. The first-order chi connectivity index (χ1) is 6.36. The van der Waals surface area contributed by atoms with Gasteiger partial charge in [0.2, 0.25) is 0 Å². The Hall–Kier alpha value is -0.990. The van der Waals surface area contributed by atoms with E-state index in [1.807, 2.05) is 6.08 Å². The molecule has 1 aliphatic heterocycles. The Kier molecular flexibility index (Phi) is 2.52. The number of esters is 1. The Bertz CT molecular complexity index is 218. The molecule has 1 saturated carbocycles. The topological polar surface area (TPSA) is 35.5 Å². The lowest BCUT2D eigenvalue weighted by Gasteiger charge is -2.18. The molecule has 0 aromatic heterocycles. The van der Waals surface area contributed by atoms with Crippen molar-refractivity contribution in [3.63, 3.8) is 0 Å². The van der Waals surface area contributed by atoms with Gasteiger partial charge in [-0.3, -0.25) is 4.79 Å². The number of carbonyl (C=O) groups excluding carboxylic acids is 1. The SMILES string of the molecule is O=C(OCC1CCC=CO1)C1CC1. The highest BCUT2D eigenvalue weighted by Crippen LogP contribution is 2.30. The molecule has 0 spiro atoms. The molecule has 0 aromatic rings. The average Bonchev–Trinajstić information content (AvgIpc) is 2.99. The zero-order valence-corrected chi connectivity index (χ0v) is 7.57. The van der Waals surface area contributed by atoms with E-state index in [0.717, 1.165) is 25.7 Å². The van der Waals surface area contributed by atoms with Crippen molar-refractivity contribution in [3.8, 4) is 0 Å². The fourth-order valence-corrected chi connectivity index (χ4v) is 1.32. The van der Waals surface area contributed by atoms with Crippen molar-refractivity contribution in [2.45, 2.75) is 31.8 Å². The van der Waals surface area contributed by atoms with E-state index in [4.69, 9.17) is 9.47 Å². The molecule has 0 bridgehead atoms. The Morgan fingerprint density at radius 3 is 2.92 bits per heavy atom. The molecule has 1 unspecified atom stereocenters. The number of hydrogen-bond donors (Lipinski definition) is 0. The maximum absolute atomic E-state index is 11.2. The standard InChI is InChI=1S/C10H14O3/c11-10(8-4-5-8)13-7-9-3-1-2-6-12-9/h2,6,8-9H,1,3-5,7H2. The minimum atomic E-state index is -0.0434. The quantitative estimate of drug-likeness (QED) is 0.622. The van der Waals surface area contributed by atoms with Gasteiger partial charge in [-0.1, -0.05) is 0 Å². The van der Waals surface area contributed by atoms with Crippen LogP contribution in [-0.2, 0) is 14.3 Å². The lowest BCUT2D eigenvalue weighted by Crippen LogP contribution is -2.22. The third kappa shape index (κ3) is 2.47. The maximum atomic E-state index is 11.2. The molecule has 72 valence electrons. The first-order valence-corrected chi connectivity index (χ1v) is 4.83. The van der Waals surface area contributed by atoms with Gasteiger partial charge >= 0.3 is 5.97 Å². The second-order valence-electron chi connectivity index (χ2n) is 3.61. The number of allylic oxidation sites excluding steroid dienone is 1. The summed E-state index contributed by atoms with van der Waals surface area (Å²) in [7, 11) is 0. The van der Waals surface area contributed by atoms with Gasteiger partial charge in [0.1, 0.15) is 12.7 Å². The molecule has 3 nitrogen and oxygen atoms in total. The predicted molar refractivity (Wildman–Crippen MR) is 46.9 cm³/mol. The highest BCUT2D eigenvalue weighted by molar-refractivity contribution is 5.74. The van der Waals surface area contributed by atoms with Gasteiger partial charge in [-0.15, -0.1) is 0 Å². The number of rotatable bonds is 3. The van der Waals surface area contributed by atoms with Gasteiger partial charge in [-0.2, -0.15) is 0 Å². The molecule has 2 aliphatic rings. The van der Waals surface area contributed by atoms with Gasteiger partial charge < -0.3 is 9.47 Å². The van der Waals surface area contributed by atoms with E-state index in [0.29, 0.717) is 6.61 Å². The second kappa shape index (κ2) is 3.81. The number of carbonyl (C=O) groups is 1. The van der Waals surface area contributed by atoms with Crippen molar-refractivity contribution in [2.75, 3.05) is 6.61 Å². The van der Waals surface area contributed by atoms with E-state index in [9.17, 15) is 4.79 Å². The number of hydrogen-bond acceptors (Lipinski definition) is 3. The van der Waals surface area contributed by atoms with Crippen LogP contribution in [0.25, 0.3) is 0 Å². The van der Waals surface area contributed by atoms with Crippen molar-refractivity contribution < 1.29 is 14.3 Å². The highest BCUT2D eigenvalue weighted by atomic mass is 16.6. The fraction of sp³-hybridized carbons (Fsp3) is 0.700. The van der Waals surface area contributed by atoms with E-state index >= 15 is 0 Å². The molecule has 0 amide bonds. The van der Waals surface area contributed by atoms with Crippen LogP contribution in [0.4, 0.5) is 0 Å². The van der Waals surface area contributed by atoms with Gasteiger partial charge in [0.05, 0.1) is 12.2 Å². The molecule has 13 heavy (non-hydrogen) atoms. The van der Waals surface area contributed by atoms with E-state index in [-0.39, 0.29) is 18.0 Å². The molecular formula is C10H14O3. The van der Waals surface area contributed by atoms with Crippen LogP contribution in [0, 0.1) is 5.92 Å². The molecule has 0 radical (unpaired) electrons. The summed E-state index contributed by atoms with van der Waals surface area (Å²) < 4.78 is 10.4. The summed E-state index contributed by atoms with van der Waals surface area (Å²) >= 11 is 0. The van der Waals surface area contributed by atoms with Crippen molar-refractivity contribution in [1.29, 1.82) is 0 Å². The summed E-state index contributed by atoms with van der Waals surface area (Å²) in [5.74, 6) is 0.150. The number of ether oxygens (including phenoxy) is 2. The van der Waals surface area contributed by atoms with Crippen LogP contribution in [0.3, 0.4) is 0 Å². The van der Waals surface area contributed by atoms with E-state index in [1.54, 1.807) is 6.26 Å². The molecule has 1 heterocycles. The first kappa shape index (κ1) is 8.60. The zero-order valence-electron chi connectivity index (χ0n) is 7.57. The normalized spacial score (nSPS) is 26.6.